The molecule has 4 heteroatoms. The molecule has 0 spiro atoms. The number of morpholine rings is 1. The van der Waals surface area contributed by atoms with Crippen LogP contribution in [0.15, 0.2) is 0 Å². The Labute approximate surface area is 79.2 Å². The van der Waals surface area contributed by atoms with E-state index >= 15 is 0 Å². The highest BCUT2D eigenvalue weighted by Gasteiger charge is 2.17. The molecule has 0 radical (unpaired) electrons. The quantitative estimate of drug-likeness (QED) is 0.684. The van der Waals surface area contributed by atoms with Crippen LogP contribution in [0.3, 0.4) is 0 Å². The summed E-state index contributed by atoms with van der Waals surface area (Å²) in [5.41, 5.74) is 0. The normalized spacial score (nSPS) is 21.1. The molecule has 1 N–H and O–H groups in total. The van der Waals surface area contributed by atoms with Crippen molar-refractivity contribution in [3.8, 4) is 0 Å². The van der Waals surface area contributed by atoms with E-state index in [0.717, 1.165) is 26.3 Å². The molecule has 1 fully saturated rings. The number of rotatable bonds is 3. The molecule has 1 heterocycles. The van der Waals surface area contributed by atoms with E-state index in [1.54, 1.807) is 0 Å². The lowest BCUT2D eigenvalue weighted by Crippen LogP contribution is -2.50. The number of hydrogen-bond donors (Lipinski definition) is 1. The fraction of sp³-hybridized carbons (Fsp3) is 0.889. The number of carbonyl (C=O) groups excluding carboxylic acids is 1. The Hall–Kier alpha value is -0.610. The maximum atomic E-state index is 11.1. The lowest BCUT2D eigenvalue weighted by molar-refractivity contribution is -0.123. The Morgan fingerprint density at radius 3 is 2.69 bits per heavy atom. The fourth-order valence-electron chi connectivity index (χ4n) is 1.39. The minimum atomic E-state index is 0.110. The monoisotopic (exact) mass is 186 g/mol. The maximum absolute atomic E-state index is 11.1. The summed E-state index contributed by atoms with van der Waals surface area (Å²) in [7, 11) is 0. The molecule has 0 saturated carbocycles. The Bertz CT molecular complexity index is 167. The molecule has 1 aliphatic heterocycles. The SMILES string of the molecule is CCC(=O)NC(C)N1CCOCC1. The molecule has 1 atom stereocenters. The summed E-state index contributed by atoms with van der Waals surface area (Å²) in [5, 5.41) is 2.93. The van der Waals surface area contributed by atoms with Gasteiger partial charge in [-0.1, -0.05) is 6.92 Å². The van der Waals surface area contributed by atoms with Crippen LogP contribution in [0.5, 0.6) is 0 Å². The van der Waals surface area contributed by atoms with Crippen molar-refractivity contribution in [3.05, 3.63) is 0 Å². The number of hydrogen-bond acceptors (Lipinski definition) is 3. The predicted octanol–water partition coefficient (Wildman–Crippen LogP) is 0.191. The molecule has 1 amide bonds. The lowest BCUT2D eigenvalue weighted by atomic mass is 10.3. The first-order chi connectivity index (χ1) is 6.24. The third-order valence-electron chi connectivity index (χ3n) is 2.28. The average molecular weight is 186 g/mol. The summed E-state index contributed by atoms with van der Waals surface area (Å²) >= 11 is 0. The van der Waals surface area contributed by atoms with Crippen molar-refractivity contribution in [2.24, 2.45) is 0 Å². The average Bonchev–Trinajstić information content (AvgIpc) is 2.19. The van der Waals surface area contributed by atoms with Crippen LogP contribution < -0.4 is 5.32 Å². The molecule has 1 unspecified atom stereocenters. The number of carbonyl (C=O) groups is 1. The van der Waals surface area contributed by atoms with Crippen LogP contribution in [0.2, 0.25) is 0 Å². The summed E-state index contributed by atoms with van der Waals surface area (Å²) in [4.78, 5) is 13.3. The molecule has 0 bridgehead atoms. The first-order valence-corrected chi connectivity index (χ1v) is 4.85. The second kappa shape index (κ2) is 5.19. The van der Waals surface area contributed by atoms with Gasteiger partial charge in [0.1, 0.15) is 0 Å². The zero-order valence-corrected chi connectivity index (χ0v) is 8.38. The number of nitrogens with one attached hydrogen (secondary N) is 1. The molecule has 1 aliphatic rings. The highest BCUT2D eigenvalue weighted by atomic mass is 16.5. The van der Waals surface area contributed by atoms with Crippen molar-refractivity contribution in [1.29, 1.82) is 0 Å². The number of ether oxygens (including phenoxy) is 1. The van der Waals surface area contributed by atoms with Gasteiger partial charge in [-0.25, -0.2) is 0 Å². The molecule has 1 rings (SSSR count). The zero-order valence-electron chi connectivity index (χ0n) is 8.38. The van der Waals surface area contributed by atoms with Gasteiger partial charge < -0.3 is 10.1 Å². The van der Waals surface area contributed by atoms with Crippen molar-refractivity contribution >= 4 is 5.91 Å². The number of nitrogens with zero attached hydrogens (tertiary/aromatic N) is 1. The molecule has 4 nitrogen and oxygen atoms in total. The van der Waals surface area contributed by atoms with Crippen molar-refractivity contribution < 1.29 is 9.53 Å². The molecule has 0 aliphatic carbocycles. The van der Waals surface area contributed by atoms with Crippen LogP contribution in [0, 0.1) is 0 Å². The van der Waals surface area contributed by atoms with Gasteiger partial charge in [0.15, 0.2) is 0 Å². The largest absolute Gasteiger partial charge is 0.379 e. The summed E-state index contributed by atoms with van der Waals surface area (Å²) < 4.78 is 5.23. The summed E-state index contributed by atoms with van der Waals surface area (Å²) in [6.45, 7) is 7.23. The second-order valence-electron chi connectivity index (χ2n) is 3.25. The summed E-state index contributed by atoms with van der Waals surface area (Å²) in [6, 6.07) is 0. The Balaban J connectivity index is 2.28. The fourth-order valence-corrected chi connectivity index (χ4v) is 1.39. The van der Waals surface area contributed by atoms with Crippen molar-refractivity contribution in [3.63, 3.8) is 0 Å². The molecule has 13 heavy (non-hydrogen) atoms. The van der Waals surface area contributed by atoms with E-state index < -0.39 is 0 Å². The molecule has 0 aromatic rings. The van der Waals surface area contributed by atoms with Crippen LogP contribution >= 0.6 is 0 Å². The van der Waals surface area contributed by atoms with E-state index in [4.69, 9.17) is 4.74 Å². The van der Waals surface area contributed by atoms with Gasteiger partial charge in [-0.05, 0) is 6.92 Å². The highest BCUT2D eigenvalue weighted by molar-refractivity contribution is 5.75. The molecular formula is C9H18N2O2. The topological polar surface area (TPSA) is 41.6 Å². The minimum absolute atomic E-state index is 0.110. The first kappa shape index (κ1) is 10.5. The third kappa shape index (κ3) is 3.32. The van der Waals surface area contributed by atoms with Gasteiger partial charge in [-0.15, -0.1) is 0 Å². The van der Waals surface area contributed by atoms with E-state index in [0.29, 0.717) is 6.42 Å². The molecule has 0 aromatic heterocycles. The van der Waals surface area contributed by atoms with Gasteiger partial charge in [0, 0.05) is 19.5 Å². The van der Waals surface area contributed by atoms with E-state index in [-0.39, 0.29) is 12.1 Å². The van der Waals surface area contributed by atoms with Crippen molar-refractivity contribution in [2.45, 2.75) is 26.4 Å². The highest BCUT2D eigenvalue weighted by Crippen LogP contribution is 2.00. The van der Waals surface area contributed by atoms with Crippen LogP contribution in [0.1, 0.15) is 20.3 Å². The van der Waals surface area contributed by atoms with Gasteiger partial charge in [-0.3, -0.25) is 9.69 Å². The van der Waals surface area contributed by atoms with Crippen molar-refractivity contribution in [2.75, 3.05) is 26.3 Å². The van der Waals surface area contributed by atoms with Gasteiger partial charge in [0.05, 0.1) is 19.4 Å². The van der Waals surface area contributed by atoms with Gasteiger partial charge in [0.2, 0.25) is 5.91 Å². The standard InChI is InChI=1S/C9H18N2O2/c1-3-9(12)10-8(2)11-4-6-13-7-5-11/h8H,3-7H2,1-2H3,(H,10,12). The first-order valence-electron chi connectivity index (χ1n) is 4.85. The molecular weight excluding hydrogens is 168 g/mol. The zero-order chi connectivity index (χ0) is 9.68. The maximum Gasteiger partial charge on any atom is 0.220 e. The minimum Gasteiger partial charge on any atom is -0.379 e. The lowest BCUT2D eigenvalue weighted by Gasteiger charge is -2.32. The Morgan fingerprint density at radius 2 is 2.15 bits per heavy atom. The van der Waals surface area contributed by atoms with E-state index in [2.05, 4.69) is 10.2 Å². The van der Waals surface area contributed by atoms with E-state index in [1.807, 2.05) is 13.8 Å². The molecule has 76 valence electrons. The summed E-state index contributed by atoms with van der Waals surface area (Å²) in [6.07, 6.45) is 0.686. The van der Waals surface area contributed by atoms with E-state index in [9.17, 15) is 4.79 Å². The van der Waals surface area contributed by atoms with Crippen molar-refractivity contribution in [1.82, 2.24) is 10.2 Å². The van der Waals surface area contributed by atoms with Gasteiger partial charge in [0.25, 0.3) is 0 Å². The Kier molecular flexibility index (Phi) is 4.18. The van der Waals surface area contributed by atoms with Crippen LogP contribution in [-0.2, 0) is 9.53 Å². The Morgan fingerprint density at radius 1 is 1.54 bits per heavy atom. The molecule has 1 saturated heterocycles. The predicted molar refractivity (Wildman–Crippen MR) is 50.3 cm³/mol. The van der Waals surface area contributed by atoms with Crippen LogP contribution in [0.4, 0.5) is 0 Å². The van der Waals surface area contributed by atoms with E-state index in [1.165, 1.54) is 0 Å². The van der Waals surface area contributed by atoms with Gasteiger partial charge >= 0.3 is 0 Å². The summed E-state index contributed by atoms with van der Waals surface area (Å²) in [5.74, 6) is 0.110. The number of amides is 1. The van der Waals surface area contributed by atoms with Crippen LogP contribution in [-0.4, -0.2) is 43.3 Å². The smallest absolute Gasteiger partial charge is 0.220 e. The van der Waals surface area contributed by atoms with Gasteiger partial charge in [-0.2, -0.15) is 0 Å². The van der Waals surface area contributed by atoms with Crippen LogP contribution in [0.25, 0.3) is 0 Å². The third-order valence-corrected chi connectivity index (χ3v) is 2.28. The second-order valence-corrected chi connectivity index (χ2v) is 3.25. The molecule has 0 aromatic carbocycles.